The molecule has 0 unspecified atom stereocenters. The maximum absolute atomic E-state index is 5.67. The van der Waals surface area contributed by atoms with E-state index in [0.29, 0.717) is 0 Å². The molecule has 0 amide bonds. The van der Waals surface area contributed by atoms with Crippen LogP contribution in [-0.4, -0.2) is 103 Å². The normalized spacial score (nSPS) is 10.7. The first-order chi connectivity index (χ1) is 13.8. The lowest BCUT2D eigenvalue weighted by atomic mass is 10.5. The molecule has 0 bridgehead atoms. The summed E-state index contributed by atoms with van der Waals surface area (Å²) in [7, 11) is 5.42. The van der Waals surface area contributed by atoms with E-state index in [1.165, 1.54) is 44.3 Å². The zero-order valence-corrected chi connectivity index (χ0v) is 28.5. The van der Waals surface area contributed by atoms with Crippen LogP contribution >= 0.6 is 23.5 Å². The molecule has 0 aliphatic rings. The third kappa shape index (κ3) is 86.4. The number of rotatable bonds is 8. The van der Waals surface area contributed by atoms with Crippen molar-refractivity contribution in [3.8, 4) is 0 Å². The summed E-state index contributed by atoms with van der Waals surface area (Å²) in [5, 5.41) is 6.87. The fraction of sp³-hybridized carbons (Fsp3) is 1.00. The van der Waals surface area contributed by atoms with Crippen LogP contribution in [0.15, 0.2) is 0 Å². The molecular weight excluding hydrogens is 475 g/mol. The first-order valence-electron chi connectivity index (χ1n) is 11.8. The summed E-state index contributed by atoms with van der Waals surface area (Å²) in [5.41, 5.74) is 0. The minimum atomic E-state index is -1.14. The lowest BCUT2D eigenvalue weighted by Gasteiger charge is -2.23. The molecule has 0 radical (unpaired) electrons. The smallest absolute Gasteiger partial charge is 0.147 e. The zero-order chi connectivity index (χ0) is 26.3. The Morgan fingerprint density at radius 1 is 0.625 bits per heavy atom. The molecule has 204 valence electrons. The van der Waals surface area contributed by atoms with E-state index in [-0.39, 0.29) is 12.4 Å². The molecule has 32 heavy (non-hydrogen) atoms. The Kier molecular flexibility index (Phi) is 43.0. The molecule has 0 heterocycles. The van der Waals surface area contributed by atoms with Crippen molar-refractivity contribution in [1.29, 1.82) is 0 Å². The maximum atomic E-state index is 5.67. The van der Waals surface area contributed by atoms with Gasteiger partial charge in [-0.25, -0.2) is 0 Å². The molecule has 6 nitrogen and oxygen atoms in total. The first kappa shape index (κ1) is 46.2. The Morgan fingerprint density at radius 3 is 0.781 bits per heavy atom. The van der Waals surface area contributed by atoms with Crippen molar-refractivity contribution in [2.45, 2.75) is 80.8 Å². The summed E-state index contributed by atoms with van der Waals surface area (Å²) in [5.74, 6) is 4.94. The van der Waals surface area contributed by atoms with Gasteiger partial charge in [0.15, 0.2) is 0 Å². The van der Waals surface area contributed by atoms with Crippen LogP contribution in [0.3, 0.4) is 0 Å². The van der Waals surface area contributed by atoms with Gasteiger partial charge < -0.3 is 9.80 Å². The van der Waals surface area contributed by atoms with Gasteiger partial charge in [0.2, 0.25) is 0 Å². The minimum Gasteiger partial charge on any atom is -0.304 e. The van der Waals surface area contributed by atoms with Crippen molar-refractivity contribution < 1.29 is 0 Å². The summed E-state index contributed by atoms with van der Waals surface area (Å²) < 4.78 is 0. The second-order valence-corrected chi connectivity index (χ2v) is 21.8. The van der Waals surface area contributed by atoms with Gasteiger partial charge in [0.05, 0.1) is 0 Å². The van der Waals surface area contributed by atoms with Crippen molar-refractivity contribution in [3.63, 3.8) is 0 Å². The number of nitrogens with one attached hydrogen (secondary N) is 1. The van der Waals surface area contributed by atoms with E-state index in [0.717, 1.165) is 0 Å². The van der Waals surface area contributed by atoms with Crippen molar-refractivity contribution >= 4 is 39.1 Å². The average molecular weight is 540 g/mol. The molecule has 10 heteroatoms. The molecule has 0 rings (SSSR count). The van der Waals surface area contributed by atoms with Gasteiger partial charge in [-0.05, 0) is 39.3 Å². The Bertz CT molecular complexity index is 287. The highest BCUT2D eigenvalue weighted by molar-refractivity contribution is 7.18. The van der Waals surface area contributed by atoms with E-state index >= 15 is 0 Å². The summed E-state index contributed by atoms with van der Waals surface area (Å²) in [4.78, 5) is 4.75. The summed E-state index contributed by atoms with van der Waals surface area (Å²) in [6, 6.07) is 0. The lowest BCUT2D eigenvalue weighted by Crippen LogP contribution is -2.49. The summed E-state index contributed by atoms with van der Waals surface area (Å²) in [6.45, 7) is 33.3. The quantitative estimate of drug-likeness (QED) is 0.184. The van der Waals surface area contributed by atoms with E-state index in [1.54, 1.807) is 14.1 Å². The highest BCUT2D eigenvalue weighted by atomic mass is 35.6. The number of nitrogens with zero attached hydrogens (tertiary/aromatic N) is 4. The van der Waals surface area contributed by atoms with Crippen LogP contribution in [0.2, 0.25) is 39.3 Å². The summed E-state index contributed by atoms with van der Waals surface area (Å²) in [6.07, 6.45) is 0. The number of hydrogen-bond donors (Lipinski definition) is 2. The molecule has 0 aliphatic heterocycles. The fourth-order valence-corrected chi connectivity index (χ4v) is 3.35. The lowest BCUT2D eigenvalue weighted by molar-refractivity contribution is 0.321. The van der Waals surface area contributed by atoms with Gasteiger partial charge in [0, 0.05) is 28.2 Å². The minimum absolute atomic E-state index is 0. The standard InChI is InChI=1S/2C6H15N.C5H16N2Si.C3H9ClSi.C2H8N2.ClH/c2*1-4-7(5-2)6-3;1-7(2)6-8(3,4)5;1-5(2,3)4;1-4(2)3;/h2*4-6H2,1-3H3;6H,1-5H3;1-3H3;3H2,1-2H3;1H. The van der Waals surface area contributed by atoms with Crippen molar-refractivity contribution in [3.05, 3.63) is 0 Å². The van der Waals surface area contributed by atoms with E-state index in [1.807, 2.05) is 19.1 Å². The van der Waals surface area contributed by atoms with Gasteiger partial charge in [-0.1, -0.05) is 80.8 Å². The van der Waals surface area contributed by atoms with E-state index in [4.69, 9.17) is 16.9 Å². The van der Waals surface area contributed by atoms with Gasteiger partial charge in [-0.15, -0.1) is 12.4 Å². The number of hydrazine groups is 2. The van der Waals surface area contributed by atoms with Gasteiger partial charge in [0.1, 0.15) is 15.6 Å². The van der Waals surface area contributed by atoms with Crippen LogP contribution in [0.1, 0.15) is 41.5 Å². The van der Waals surface area contributed by atoms with Crippen LogP contribution in [-0.2, 0) is 0 Å². The highest BCUT2D eigenvalue weighted by Gasteiger charge is 2.12. The van der Waals surface area contributed by atoms with Crippen LogP contribution in [0.5, 0.6) is 0 Å². The monoisotopic (exact) mass is 538 g/mol. The molecule has 0 spiro atoms. The molecule has 0 aliphatic carbocycles. The van der Waals surface area contributed by atoms with Gasteiger partial charge in [0.25, 0.3) is 0 Å². The Balaban J connectivity index is -0.0000000668. The Morgan fingerprint density at radius 2 is 0.781 bits per heavy atom. The third-order valence-electron chi connectivity index (χ3n) is 3.24. The Hall–Kier alpha value is 0.774. The SMILES string of the molecule is CCN(CC)CC.CCN(CC)CC.CN(C)N.CN(C)N[Si](C)(C)C.C[Si](C)(C)Cl.Cl. The van der Waals surface area contributed by atoms with Crippen molar-refractivity contribution in [2.75, 3.05) is 67.5 Å². The van der Waals surface area contributed by atoms with Crippen molar-refractivity contribution in [2.24, 2.45) is 5.84 Å². The maximum Gasteiger partial charge on any atom is 0.147 e. The number of nitrogens with two attached hydrogens (primary N) is 1. The van der Waals surface area contributed by atoms with Crippen LogP contribution < -0.4 is 10.9 Å². The number of hydrogen-bond acceptors (Lipinski definition) is 6. The molecule has 0 fully saturated rings. The van der Waals surface area contributed by atoms with E-state index in [9.17, 15) is 0 Å². The predicted molar refractivity (Wildman–Crippen MR) is 161 cm³/mol. The van der Waals surface area contributed by atoms with Crippen LogP contribution in [0.4, 0.5) is 0 Å². The molecule has 0 atom stereocenters. The summed E-state index contributed by atoms with van der Waals surface area (Å²) >= 11 is 5.67. The van der Waals surface area contributed by atoms with Gasteiger partial charge in [-0.3, -0.25) is 21.0 Å². The topological polar surface area (TPSA) is 51.0 Å². The molecule has 0 saturated carbocycles. The highest BCUT2D eigenvalue weighted by Crippen LogP contribution is 2.03. The molecule has 0 saturated heterocycles. The predicted octanol–water partition coefficient (Wildman–Crippen LogP) is 5.49. The largest absolute Gasteiger partial charge is 0.304 e. The third-order valence-corrected chi connectivity index (χ3v) is 4.36. The van der Waals surface area contributed by atoms with Crippen LogP contribution in [0.25, 0.3) is 0 Å². The molecule has 0 aromatic rings. The molecule has 0 aromatic carbocycles. The first-order valence-corrected chi connectivity index (χ1v) is 19.9. The van der Waals surface area contributed by atoms with E-state index < -0.39 is 15.6 Å². The molecule has 3 N–H and O–H groups in total. The average Bonchev–Trinajstić information content (AvgIpc) is 2.55. The van der Waals surface area contributed by atoms with Crippen LogP contribution in [0, 0.1) is 0 Å². The van der Waals surface area contributed by atoms with E-state index in [2.05, 4.69) is 95.7 Å². The second kappa shape index (κ2) is 29.8. The van der Waals surface area contributed by atoms with Gasteiger partial charge in [-0.2, -0.15) is 11.1 Å². The Labute approximate surface area is 217 Å². The second-order valence-electron chi connectivity index (χ2n) is 9.53. The molecule has 0 aromatic heterocycles. The van der Waals surface area contributed by atoms with Gasteiger partial charge >= 0.3 is 0 Å². The fourth-order valence-electron chi connectivity index (χ4n) is 2.01. The van der Waals surface area contributed by atoms with Crippen molar-refractivity contribution in [1.82, 2.24) is 24.9 Å². The molecular formula is C22H64Cl2N6Si2. The number of halogens is 2. The zero-order valence-electron chi connectivity index (χ0n) is 24.9.